The average Bonchev–Trinajstić information content (AvgIpc) is 2.79. The third-order valence-electron chi connectivity index (χ3n) is 5.53. The number of halogens is 2. The molecule has 3 nitrogen and oxygen atoms in total. The fourth-order valence-electron chi connectivity index (χ4n) is 3.83. The van der Waals surface area contributed by atoms with E-state index < -0.39 is 0 Å². The molecule has 1 unspecified atom stereocenters. The number of hydrogen-bond donors (Lipinski definition) is 0. The van der Waals surface area contributed by atoms with Crippen molar-refractivity contribution in [3.05, 3.63) is 100 Å². The summed E-state index contributed by atoms with van der Waals surface area (Å²) in [5.41, 5.74) is 3.52. The molecule has 3 aromatic rings. The SMILES string of the molecule is Clc1ccc(C(OCCN2CCN(c3ccc(Cl)cc3)CC2)c2ccccc2)cc1. The lowest BCUT2D eigenvalue weighted by molar-refractivity contribution is 0.0586. The lowest BCUT2D eigenvalue weighted by Gasteiger charge is -2.36. The van der Waals surface area contributed by atoms with Crippen molar-refractivity contribution in [3.63, 3.8) is 0 Å². The molecule has 156 valence electrons. The second-order valence-electron chi connectivity index (χ2n) is 7.52. The van der Waals surface area contributed by atoms with Gasteiger partial charge in [0.05, 0.1) is 6.61 Å². The molecule has 0 spiro atoms. The third kappa shape index (κ3) is 5.55. The van der Waals surface area contributed by atoms with E-state index in [1.807, 2.05) is 42.5 Å². The monoisotopic (exact) mass is 440 g/mol. The van der Waals surface area contributed by atoms with E-state index in [-0.39, 0.29) is 6.10 Å². The Morgan fingerprint density at radius 1 is 0.700 bits per heavy atom. The van der Waals surface area contributed by atoms with Crippen LogP contribution in [0.5, 0.6) is 0 Å². The van der Waals surface area contributed by atoms with Gasteiger partial charge in [-0.05, 0) is 47.5 Å². The lowest BCUT2D eigenvalue weighted by Crippen LogP contribution is -2.47. The van der Waals surface area contributed by atoms with Crippen LogP contribution in [-0.4, -0.2) is 44.2 Å². The maximum atomic E-state index is 6.37. The summed E-state index contributed by atoms with van der Waals surface area (Å²) >= 11 is 12.1. The Morgan fingerprint density at radius 2 is 1.27 bits per heavy atom. The van der Waals surface area contributed by atoms with E-state index in [9.17, 15) is 0 Å². The molecule has 1 aliphatic rings. The van der Waals surface area contributed by atoms with Gasteiger partial charge in [-0.1, -0.05) is 65.7 Å². The van der Waals surface area contributed by atoms with E-state index in [1.165, 1.54) is 5.69 Å². The number of rotatable bonds is 7. The summed E-state index contributed by atoms with van der Waals surface area (Å²) in [5.74, 6) is 0. The van der Waals surface area contributed by atoms with Gasteiger partial charge in [0.2, 0.25) is 0 Å². The van der Waals surface area contributed by atoms with E-state index >= 15 is 0 Å². The highest BCUT2D eigenvalue weighted by Crippen LogP contribution is 2.27. The van der Waals surface area contributed by atoms with Crippen LogP contribution < -0.4 is 4.90 Å². The molecule has 1 atom stereocenters. The molecule has 1 heterocycles. The lowest BCUT2D eigenvalue weighted by atomic mass is 10.0. The number of hydrogen-bond acceptors (Lipinski definition) is 3. The van der Waals surface area contributed by atoms with Crippen molar-refractivity contribution in [2.75, 3.05) is 44.2 Å². The maximum Gasteiger partial charge on any atom is 0.108 e. The number of benzene rings is 3. The summed E-state index contributed by atoms with van der Waals surface area (Å²) in [4.78, 5) is 4.88. The van der Waals surface area contributed by atoms with E-state index in [2.05, 4.69) is 46.2 Å². The summed E-state index contributed by atoms with van der Waals surface area (Å²) in [6.07, 6.45) is -0.0844. The Bertz CT molecular complexity index is 908. The minimum atomic E-state index is -0.0844. The first-order chi connectivity index (χ1) is 14.7. The fourth-order valence-corrected chi connectivity index (χ4v) is 4.08. The Labute approximate surface area is 188 Å². The van der Waals surface area contributed by atoms with Crippen LogP contribution in [0.25, 0.3) is 0 Å². The normalized spacial score (nSPS) is 15.9. The molecule has 0 amide bonds. The van der Waals surface area contributed by atoms with Gasteiger partial charge in [0.25, 0.3) is 0 Å². The van der Waals surface area contributed by atoms with Crippen molar-refractivity contribution in [1.29, 1.82) is 0 Å². The molecular weight excluding hydrogens is 415 g/mol. The highest BCUT2D eigenvalue weighted by Gasteiger charge is 2.19. The topological polar surface area (TPSA) is 15.7 Å². The molecule has 4 rings (SSSR count). The van der Waals surface area contributed by atoms with E-state index in [0.29, 0.717) is 6.61 Å². The van der Waals surface area contributed by atoms with Crippen molar-refractivity contribution >= 4 is 28.9 Å². The van der Waals surface area contributed by atoms with E-state index in [0.717, 1.165) is 53.9 Å². The molecule has 0 radical (unpaired) electrons. The molecule has 3 aromatic carbocycles. The highest BCUT2D eigenvalue weighted by molar-refractivity contribution is 6.30. The van der Waals surface area contributed by atoms with Gasteiger partial charge < -0.3 is 9.64 Å². The molecule has 1 aliphatic heterocycles. The van der Waals surface area contributed by atoms with Crippen molar-refractivity contribution in [2.45, 2.75) is 6.10 Å². The Kier molecular flexibility index (Phi) is 7.29. The zero-order chi connectivity index (χ0) is 20.8. The molecule has 0 bridgehead atoms. The van der Waals surface area contributed by atoms with Gasteiger partial charge in [-0.25, -0.2) is 0 Å². The molecule has 30 heavy (non-hydrogen) atoms. The summed E-state index contributed by atoms with van der Waals surface area (Å²) in [6.45, 7) is 5.70. The fraction of sp³-hybridized carbons (Fsp3) is 0.280. The second-order valence-corrected chi connectivity index (χ2v) is 8.39. The standard InChI is InChI=1S/C25H26Cl2N2O/c26-22-8-6-21(7-9-22)25(20-4-2-1-3-5-20)30-19-18-28-14-16-29(17-15-28)24-12-10-23(27)11-13-24/h1-13,25H,14-19H2. The number of piperazine rings is 1. The minimum Gasteiger partial charge on any atom is -0.369 e. The van der Waals surface area contributed by atoms with Gasteiger partial charge in [0.15, 0.2) is 0 Å². The van der Waals surface area contributed by atoms with Gasteiger partial charge in [0, 0.05) is 48.5 Å². The van der Waals surface area contributed by atoms with Gasteiger partial charge >= 0.3 is 0 Å². The van der Waals surface area contributed by atoms with Crippen molar-refractivity contribution in [3.8, 4) is 0 Å². The number of anilines is 1. The largest absolute Gasteiger partial charge is 0.369 e. The molecule has 0 aromatic heterocycles. The average molecular weight is 441 g/mol. The smallest absolute Gasteiger partial charge is 0.108 e. The van der Waals surface area contributed by atoms with E-state index in [1.54, 1.807) is 0 Å². The van der Waals surface area contributed by atoms with Gasteiger partial charge in [0.1, 0.15) is 6.10 Å². The van der Waals surface area contributed by atoms with Crippen LogP contribution in [0.3, 0.4) is 0 Å². The van der Waals surface area contributed by atoms with Crippen molar-refractivity contribution < 1.29 is 4.74 Å². The summed E-state index contributed by atoms with van der Waals surface area (Å²) in [6, 6.07) is 26.4. The maximum absolute atomic E-state index is 6.37. The first kappa shape index (κ1) is 21.2. The summed E-state index contributed by atoms with van der Waals surface area (Å²) < 4.78 is 6.37. The Balaban J connectivity index is 1.31. The first-order valence-corrected chi connectivity index (χ1v) is 11.1. The third-order valence-corrected chi connectivity index (χ3v) is 6.04. The predicted octanol–water partition coefficient (Wildman–Crippen LogP) is 5.92. The van der Waals surface area contributed by atoms with Crippen LogP contribution >= 0.6 is 23.2 Å². The van der Waals surface area contributed by atoms with Crippen LogP contribution in [-0.2, 0) is 4.74 Å². The molecule has 1 fully saturated rings. The van der Waals surface area contributed by atoms with Crippen molar-refractivity contribution in [2.24, 2.45) is 0 Å². The molecule has 0 aliphatic carbocycles. The van der Waals surface area contributed by atoms with Gasteiger partial charge in [-0.3, -0.25) is 4.90 Å². The molecule has 0 N–H and O–H groups in total. The van der Waals surface area contributed by atoms with Crippen LogP contribution in [0.2, 0.25) is 10.0 Å². The van der Waals surface area contributed by atoms with Crippen molar-refractivity contribution in [1.82, 2.24) is 4.90 Å². The summed E-state index contributed by atoms with van der Waals surface area (Å²) in [7, 11) is 0. The number of ether oxygens (including phenoxy) is 1. The molecule has 0 saturated carbocycles. The zero-order valence-electron chi connectivity index (χ0n) is 16.9. The molecular formula is C25H26Cl2N2O. The van der Waals surface area contributed by atoms with Gasteiger partial charge in [-0.15, -0.1) is 0 Å². The number of nitrogens with zero attached hydrogens (tertiary/aromatic N) is 2. The minimum absolute atomic E-state index is 0.0844. The van der Waals surface area contributed by atoms with Crippen LogP contribution in [0.1, 0.15) is 17.2 Å². The highest BCUT2D eigenvalue weighted by atomic mass is 35.5. The molecule has 1 saturated heterocycles. The first-order valence-electron chi connectivity index (χ1n) is 10.3. The zero-order valence-corrected chi connectivity index (χ0v) is 18.4. The van der Waals surface area contributed by atoms with Crippen LogP contribution in [0.15, 0.2) is 78.9 Å². The summed E-state index contributed by atoms with van der Waals surface area (Å²) in [5, 5.41) is 1.52. The van der Waals surface area contributed by atoms with Crippen LogP contribution in [0, 0.1) is 0 Å². The van der Waals surface area contributed by atoms with Crippen LogP contribution in [0.4, 0.5) is 5.69 Å². The Morgan fingerprint density at radius 3 is 1.90 bits per heavy atom. The second kappa shape index (κ2) is 10.3. The molecule has 5 heteroatoms. The predicted molar refractivity (Wildman–Crippen MR) is 126 cm³/mol. The quantitative estimate of drug-likeness (QED) is 0.453. The van der Waals surface area contributed by atoms with Gasteiger partial charge in [-0.2, -0.15) is 0 Å². The van der Waals surface area contributed by atoms with E-state index in [4.69, 9.17) is 27.9 Å². The Hall–Kier alpha value is -2.04.